The summed E-state index contributed by atoms with van der Waals surface area (Å²) in [7, 11) is 0. The molecule has 3 rings (SSSR count). The Labute approximate surface area is 124 Å². The molecule has 3 fully saturated rings. The van der Waals surface area contributed by atoms with Crippen molar-refractivity contribution in [1.29, 1.82) is 0 Å². The van der Waals surface area contributed by atoms with Crippen molar-refractivity contribution in [3.8, 4) is 0 Å². The Morgan fingerprint density at radius 2 is 1.70 bits per heavy atom. The molecule has 0 aromatic heterocycles. The van der Waals surface area contributed by atoms with E-state index in [4.69, 9.17) is 0 Å². The Hall–Kier alpha value is -0.120. The maximum Gasteiger partial charge on any atom is 0.0570 e. The first-order valence-electron chi connectivity index (χ1n) is 8.95. The van der Waals surface area contributed by atoms with Crippen LogP contribution < -0.4 is 5.32 Å². The van der Waals surface area contributed by atoms with E-state index in [1.807, 2.05) is 0 Å². The molecular formula is C17H32N2O. The molecule has 3 nitrogen and oxygen atoms in total. The number of fused-ring (bicyclic) bond motifs is 2. The van der Waals surface area contributed by atoms with Gasteiger partial charge in [-0.05, 0) is 51.0 Å². The molecule has 1 aliphatic carbocycles. The SMILES string of the molecule is CCNC1CCCCCC1CN1C2CCC1CC(O)C2. The fraction of sp³-hybridized carbons (Fsp3) is 1.00. The lowest BCUT2D eigenvalue weighted by Gasteiger charge is -2.40. The van der Waals surface area contributed by atoms with E-state index in [9.17, 15) is 5.11 Å². The standard InChI is InChI=1S/C17H32N2O/c1-2-18-17-7-5-3-4-6-13(17)12-19-14-8-9-15(19)11-16(20)10-14/h13-18,20H,2-12H2,1H3. The summed E-state index contributed by atoms with van der Waals surface area (Å²) in [6, 6.07) is 2.08. The van der Waals surface area contributed by atoms with E-state index in [0.717, 1.165) is 31.3 Å². The van der Waals surface area contributed by atoms with E-state index in [0.29, 0.717) is 12.1 Å². The van der Waals surface area contributed by atoms with Crippen molar-refractivity contribution in [2.24, 2.45) is 5.92 Å². The molecule has 2 saturated heterocycles. The monoisotopic (exact) mass is 280 g/mol. The minimum atomic E-state index is -0.0255. The number of piperidine rings is 1. The smallest absolute Gasteiger partial charge is 0.0570 e. The summed E-state index contributed by atoms with van der Waals surface area (Å²) in [6.45, 7) is 4.62. The molecular weight excluding hydrogens is 248 g/mol. The van der Waals surface area contributed by atoms with Gasteiger partial charge in [-0.25, -0.2) is 0 Å². The van der Waals surface area contributed by atoms with Gasteiger partial charge >= 0.3 is 0 Å². The van der Waals surface area contributed by atoms with Crippen LogP contribution in [0.5, 0.6) is 0 Å². The zero-order chi connectivity index (χ0) is 13.9. The lowest BCUT2D eigenvalue weighted by molar-refractivity contribution is 0.0227. The number of hydrogen-bond acceptors (Lipinski definition) is 3. The largest absolute Gasteiger partial charge is 0.393 e. The zero-order valence-corrected chi connectivity index (χ0v) is 13.1. The molecule has 2 heterocycles. The molecule has 2 bridgehead atoms. The van der Waals surface area contributed by atoms with Crippen molar-refractivity contribution in [3.63, 3.8) is 0 Å². The molecule has 2 aliphatic heterocycles. The maximum absolute atomic E-state index is 9.96. The topological polar surface area (TPSA) is 35.5 Å². The van der Waals surface area contributed by atoms with Gasteiger partial charge in [0.05, 0.1) is 6.10 Å². The third kappa shape index (κ3) is 3.20. The van der Waals surface area contributed by atoms with Gasteiger partial charge in [0.25, 0.3) is 0 Å². The van der Waals surface area contributed by atoms with E-state index >= 15 is 0 Å². The molecule has 0 spiro atoms. The van der Waals surface area contributed by atoms with Crippen molar-refractivity contribution >= 4 is 0 Å². The molecule has 0 amide bonds. The highest BCUT2D eigenvalue weighted by Gasteiger charge is 2.41. The normalized spacial score (nSPS) is 42.6. The Bertz CT molecular complexity index is 295. The zero-order valence-electron chi connectivity index (χ0n) is 13.1. The quantitative estimate of drug-likeness (QED) is 0.777. The number of aliphatic hydroxyl groups is 1. The van der Waals surface area contributed by atoms with Gasteiger partial charge in [-0.15, -0.1) is 0 Å². The summed E-state index contributed by atoms with van der Waals surface area (Å²) < 4.78 is 0. The lowest BCUT2D eigenvalue weighted by atomic mass is 9.91. The van der Waals surface area contributed by atoms with Gasteiger partial charge in [0, 0.05) is 24.7 Å². The van der Waals surface area contributed by atoms with E-state index < -0.39 is 0 Å². The summed E-state index contributed by atoms with van der Waals surface area (Å²) in [4.78, 5) is 2.77. The summed E-state index contributed by atoms with van der Waals surface area (Å²) in [5.41, 5.74) is 0. The minimum absolute atomic E-state index is 0.0255. The second-order valence-corrected chi connectivity index (χ2v) is 7.27. The van der Waals surface area contributed by atoms with Gasteiger partial charge in [-0.1, -0.05) is 26.2 Å². The van der Waals surface area contributed by atoms with E-state index in [1.54, 1.807) is 0 Å². The number of hydrogen-bond donors (Lipinski definition) is 2. The average molecular weight is 280 g/mol. The van der Waals surface area contributed by atoms with Crippen LogP contribution in [-0.2, 0) is 0 Å². The van der Waals surface area contributed by atoms with Crippen molar-refractivity contribution < 1.29 is 5.11 Å². The van der Waals surface area contributed by atoms with Crippen LogP contribution in [0.1, 0.15) is 64.7 Å². The minimum Gasteiger partial charge on any atom is -0.393 e. The second-order valence-electron chi connectivity index (χ2n) is 7.27. The van der Waals surface area contributed by atoms with Crippen LogP contribution in [0.15, 0.2) is 0 Å². The molecule has 20 heavy (non-hydrogen) atoms. The molecule has 0 aromatic rings. The van der Waals surface area contributed by atoms with Crippen molar-refractivity contribution in [2.45, 2.75) is 88.9 Å². The van der Waals surface area contributed by atoms with Crippen LogP contribution in [0.4, 0.5) is 0 Å². The summed E-state index contributed by atoms with van der Waals surface area (Å²) in [5, 5.41) is 13.7. The number of rotatable bonds is 4. The van der Waals surface area contributed by atoms with Gasteiger partial charge in [0.2, 0.25) is 0 Å². The Balaban J connectivity index is 1.63. The fourth-order valence-electron chi connectivity index (χ4n) is 4.95. The molecule has 1 saturated carbocycles. The van der Waals surface area contributed by atoms with Gasteiger partial charge < -0.3 is 10.4 Å². The van der Waals surface area contributed by atoms with Gasteiger partial charge in [0.1, 0.15) is 0 Å². The lowest BCUT2D eigenvalue weighted by Crippen LogP contribution is -2.49. The van der Waals surface area contributed by atoms with Crippen LogP contribution >= 0.6 is 0 Å². The van der Waals surface area contributed by atoms with Crippen molar-refractivity contribution in [2.75, 3.05) is 13.1 Å². The molecule has 2 N–H and O–H groups in total. The van der Waals surface area contributed by atoms with Crippen LogP contribution in [0.25, 0.3) is 0 Å². The molecule has 4 atom stereocenters. The number of nitrogens with zero attached hydrogens (tertiary/aromatic N) is 1. The molecule has 4 unspecified atom stereocenters. The molecule has 3 aliphatic rings. The van der Waals surface area contributed by atoms with Gasteiger partial charge in [-0.3, -0.25) is 4.90 Å². The van der Waals surface area contributed by atoms with Crippen molar-refractivity contribution in [1.82, 2.24) is 10.2 Å². The summed E-state index contributed by atoms with van der Waals surface area (Å²) >= 11 is 0. The third-order valence-corrected chi connectivity index (χ3v) is 5.93. The van der Waals surface area contributed by atoms with Crippen LogP contribution in [0, 0.1) is 5.92 Å². The highest BCUT2D eigenvalue weighted by atomic mass is 16.3. The van der Waals surface area contributed by atoms with Crippen LogP contribution in [0.2, 0.25) is 0 Å². The summed E-state index contributed by atoms with van der Waals surface area (Å²) in [6.07, 6.45) is 11.7. The predicted molar refractivity (Wildman–Crippen MR) is 82.8 cm³/mol. The number of aliphatic hydroxyl groups excluding tert-OH is 1. The maximum atomic E-state index is 9.96. The fourth-order valence-corrected chi connectivity index (χ4v) is 4.95. The first kappa shape index (κ1) is 14.8. The van der Waals surface area contributed by atoms with Crippen LogP contribution in [-0.4, -0.2) is 47.3 Å². The first-order chi connectivity index (χ1) is 9.78. The van der Waals surface area contributed by atoms with Gasteiger partial charge in [0.15, 0.2) is 0 Å². The molecule has 0 aromatic carbocycles. The summed E-state index contributed by atoms with van der Waals surface area (Å²) in [5.74, 6) is 0.829. The number of nitrogens with one attached hydrogen (secondary N) is 1. The molecule has 0 radical (unpaired) electrons. The Kier molecular flexibility index (Phi) is 5.00. The van der Waals surface area contributed by atoms with Crippen LogP contribution in [0.3, 0.4) is 0 Å². The second kappa shape index (κ2) is 6.76. The highest BCUT2D eigenvalue weighted by Crippen LogP contribution is 2.37. The van der Waals surface area contributed by atoms with E-state index in [2.05, 4.69) is 17.1 Å². The van der Waals surface area contributed by atoms with Gasteiger partial charge in [-0.2, -0.15) is 0 Å². The van der Waals surface area contributed by atoms with E-state index in [1.165, 1.54) is 51.5 Å². The highest BCUT2D eigenvalue weighted by molar-refractivity contribution is 4.97. The first-order valence-corrected chi connectivity index (χ1v) is 8.95. The van der Waals surface area contributed by atoms with E-state index in [-0.39, 0.29) is 6.10 Å². The molecule has 116 valence electrons. The third-order valence-electron chi connectivity index (χ3n) is 5.93. The average Bonchev–Trinajstić information content (AvgIpc) is 2.61. The predicted octanol–water partition coefficient (Wildman–Crippen LogP) is 2.53. The molecule has 3 heteroatoms. The Morgan fingerprint density at radius 1 is 1.00 bits per heavy atom. The Morgan fingerprint density at radius 3 is 2.40 bits per heavy atom. The van der Waals surface area contributed by atoms with Crippen molar-refractivity contribution in [3.05, 3.63) is 0 Å².